The maximum atomic E-state index is 12.3. The molecule has 0 aliphatic carbocycles. The highest BCUT2D eigenvalue weighted by molar-refractivity contribution is 5.98. The van der Waals surface area contributed by atoms with E-state index < -0.39 is 0 Å². The van der Waals surface area contributed by atoms with Gasteiger partial charge in [0.1, 0.15) is 0 Å². The summed E-state index contributed by atoms with van der Waals surface area (Å²) < 4.78 is 0. The molecule has 1 aromatic carbocycles. The number of nitrogens with one attached hydrogen (secondary N) is 1. The molecule has 1 unspecified atom stereocenters. The van der Waals surface area contributed by atoms with E-state index in [1.165, 1.54) is 0 Å². The summed E-state index contributed by atoms with van der Waals surface area (Å²) in [7, 11) is 0. The fraction of sp³-hybridized carbons (Fsp3) is 0.467. The smallest absolute Gasteiger partial charge is 0.253 e. The van der Waals surface area contributed by atoms with Crippen LogP contribution in [0.1, 0.15) is 41.0 Å². The zero-order chi connectivity index (χ0) is 13.8. The van der Waals surface area contributed by atoms with Crippen LogP contribution < -0.4 is 5.32 Å². The topological polar surface area (TPSA) is 49.4 Å². The van der Waals surface area contributed by atoms with Crippen molar-refractivity contribution in [3.8, 4) is 0 Å². The van der Waals surface area contributed by atoms with Crippen LogP contribution in [0.25, 0.3) is 0 Å². The Morgan fingerprint density at radius 3 is 2.47 bits per heavy atom. The lowest BCUT2D eigenvalue weighted by Gasteiger charge is -2.32. The summed E-state index contributed by atoms with van der Waals surface area (Å²) in [6.07, 6.45) is 0.489. The van der Waals surface area contributed by atoms with Gasteiger partial charge in [-0.1, -0.05) is 19.1 Å². The minimum absolute atomic E-state index is 0.0452. The first kappa shape index (κ1) is 13.7. The van der Waals surface area contributed by atoms with E-state index in [1.807, 2.05) is 11.8 Å². The molecule has 0 aromatic heterocycles. The molecule has 1 aromatic rings. The van der Waals surface area contributed by atoms with Crippen molar-refractivity contribution in [2.45, 2.75) is 26.3 Å². The van der Waals surface area contributed by atoms with E-state index in [1.54, 1.807) is 24.3 Å². The average Bonchev–Trinajstić information content (AvgIpc) is 2.46. The molecular weight excluding hydrogens is 240 g/mol. The van der Waals surface area contributed by atoms with Crippen LogP contribution in [0.3, 0.4) is 0 Å². The van der Waals surface area contributed by atoms with Crippen LogP contribution >= 0.6 is 0 Å². The van der Waals surface area contributed by atoms with Crippen molar-refractivity contribution in [3.05, 3.63) is 35.4 Å². The number of ketones is 1. The van der Waals surface area contributed by atoms with Gasteiger partial charge in [0.05, 0.1) is 0 Å². The number of Topliss-reactive ketones (excluding diaryl/α,β-unsaturated/α-hetero) is 1. The lowest BCUT2D eigenvalue weighted by molar-refractivity contribution is 0.0708. The van der Waals surface area contributed by atoms with Gasteiger partial charge in [-0.05, 0) is 19.1 Å². The summed E-state index contributed by atoms with van der Waals surface area (Å²) in [5.41, 5.74) is 1.33. The first-order valence-electron chi connectivity index (χ1n) is 6.77. The van der Waals surface area contributed by atoms with Crippen LogP contribution in [0.4, 0.5) is 0 Å². The molecule has 102 valence electrons. The minimum atomic E-state index is 0.0452. The Bertz CT molecular complexity index is 468. The van der Waals surface area contributed by atoms with E-state index in [0.29, 0.717) is 23.6 Å². The number of amides is 1. The van der Waals surface area contributed by atoms with Gasteiger partial charge in [-0.2, -0.15) is 0 Å². The predicted octanol–water partition coefficient (Wildman–Crippen LogP) is 1.71. The van der Waals surface area contributed by atoms with E-state index in [2.05, 4.69) is 12.2 Å². The number of carbonyl (C=O) groups excluding carboxylic acids is 2. The first-order chi connectivity index (χ1) is 9.11. The highest BCUT2D eigenvalue weighted by Gasteiger charge is 2.21. The molecule has 1 atom stereocenters. The molecule has 1 N–H and O–H groups in total. The third kappa shape index (κ3) is 3.20. The zero-order valence-corrected chi connectivity index (χ0v) is 11.5. The third-order valence-electron chi connectivity index (χ3n) is 3.43. The van der Waals surface area contributed by atoms with Crippen LogP contribution in [-0.4, -0.2) is 42.3 Å². The number of hydrogen-bond acceptors (Lipinski definition) is 3. The summed E-state index contributed by atoms with van der Waals surface area (Å²) in [5, 5.41) is 3.31. The van der Waals surface area contributed by atoms with Gasteiger partial charge in [0.2, 0.25) is 0 Å². The molecule has 19 heavy (non-hydrogen) atoms. The second-order valence-corrected chi connectivity index (χ2v) is 4.96. The van der Waals surface area contributed by atoms with E-state index in [4.69, 9.17) is 0 Å². The quantitative estimate of drug-likeness (QED) is 0.842. The van der Waals surface area contributed by atoms with Crippen LogP contribution in [-0.2, 0) is 0 Å². The SMILES string of the molecule is CCC(=O)c1ccc(C(=O)N2CCNC(C)C2)cc1. The normalized spacial score (nSPS) is 19.3. The van der Waals surface area contributed by atoms with Gasteiger partial charge in [0.25, 0.3) is 5.91 Å². The second-order valence-electron chi connectivity index (χ2n) is 4.96. The molecule has 0 radical (unpaired) electrons. The van der Waals surface area contributed by atoms with Gasteiger partial charge < -0.3 is 10.2 Å². The lowest BCUT2D eigenvalue weighted by Crippen LogP contribution is -2.51. The molecule has 4 heteroatoms. The van der Waals surface area contributed by atoms with Crippen molar-refractivity contribution in [2.24, 2.45) is 0 Å². The molecule has 0 bridgehead atoms. The molecule has 4 nitrogen and oxygen atoms in total. The molecule has 1 aliphatic heterocycles. The fourth-order valence-electron chi connectivity index (χ4n) is 2.30. The van der Waals surface area contributed by atoms with E-state index in [9.17, 15) is 9.59 Å². The van der Waals surface area contributed by atoms with Gasteiger partial charge >= 0.3 is 0 Å². The van der Waals surface area contributed by atoms with Crippen molar-refractivity contribution in [1.82, 2.24) is 10.2 Å². The monoisotopic (exact) mass is 260 g/mol. The highest BCUT2D eigenvalue weighted by atomic mass is 16.2. The Balaban J connectivity index is 2.09. The standard InChI is InChI=1S/C15H20N2O2/c1-3-14(18)12-4-6-13(7-5-12)15(19)17-9-8-16-11(2)10-17/h4-7,11,16H,3,8-10H2,1-2H3. The molecule has 0 spiro atoms. The summed E-state index contributed by atoms with van der Waals surface area (Å²) in [5.74, 6) is 0.152. The number of benzene rings is 1. The summed E-state index contributed by atoms with van der Waals surface area (Å²) in [4.78, 5) is 25.7. The number of nitrogens with zero attached hydrogens (tertiary/aromatic N) is 1. The molecule has 1 amide bonds. The Morgan fingerprint density at radius 2 is 1.89 bits per heavy atom. The summed E-state index contributed by atoms with van der Waals surface area (Å²) in [6, 6.07) is 7.31. The zero-order valence-electron chi connectivity index (χ0n) is 11.5. The maximum absolute atomic E-state index is 12.3. The van der Waals surface area contributed by atoms with Crippen molar-refractivity contribution < 1.29 is 9.59 Å². The van der Waals surface area contributed by atoms with Crippen LogP contribution in [0.2, 0.25) is 0 Å². The van der Waals surface area contributed by atoms with Crippen molar-refractivity contribution in [1.29, 1.82) is 0 Å². The van der Waals surface area contributed by atoms with E-state index in [0.717, 1.165) is 19.6 Å². The van der Waals surface area contributed by atoms with E-state index >= 15 is 0 Å². The highest BCUT2D eigenvalue weighted by Crippen LogP contribution is 2.11. The maximum Gasteiger partial charge on any atom is 0.253 e. The third-order valence-corrected chi connectivity index (χ3v) is 3.43. The minimum Gasteiger partial charge on any atom is -0.336 e. The van der Waals surface area contributed by atoms with Gasteiger partial charge in [-0.3, -0.25) is 9.59 Å². The van der Waals surface area contributed by atoms with Gasteiger partial charge in [0.15, 0.2) is 5.78 Å². The number of hydrogen-bond donors (Lipinski definition) is 1. The first-order valence-corrected chi connectivity index (χ1v) is 6.77. The van der Waals surface area contributed by atoms with Crippen molar-refractivity contribution >= 4 is 11.7 Å². The molecule has 1 heterocycles. The van der Waals surface area contributed by atoms with Crippen molar-refractivity contribution in [2.75, 3.05) is 19.6 Å². The second kappa shape index (κ2) is 5.97. The van der Waals surface area contributed by atoms with Gasteiger partial charge in [-0.15, -0.1) is 0 Å². The van der Waals surface area contributed by atoms with Crippen molar-refractivity contribution in [3.63, 3.8) is 0 Å². The summed E-state index contributed by atoms with van der Waals surface area (Å²) >= 11 is 0. The average molecular weight is 260 g/mol. The predicted molar refractivity (Wildman–Crippen MR) is 74.4 cm³/mol. The molecule has 1 fully saturated rings. The molecular formula is C15H20N2O2. The largest absolute Gasteiger partial charge is 0.336 e. The Hall–Kier alpha value is -1.68. The molecule has 0 saturated carbocycles. The molecule has 1 aliphatic rings. The summed E-state index contributed by atoms with van der Waals surface area (Å²) in [6.45, 7) is 6.21. The molecule has 1 saturated heterocycles. The number of piperazine rings is 1. The Morgan fingerprint density at radius 1 is 1.26 bits per heavy atom. The lowest BCUT2D eigenvalue weighted by atomic mass is 10.1. The number of carbonyl (C=O) groups is 2. The van der Waals surface area contributed by atoms with Crippen LogP contribution in [0.15, 0.2) is 24.3 Å². The van der Waals surface area contributed by atoms with Gasteiger partial charge in [0, 0.05) is 43.2 Å². The Labute approximate surface area is 113 Å². The molecule has 2 rings (SSSR count). The van der Waals surface area contributed by atoms with Crippen LogP contribution in [0.5, 0.6) is 0 Å². The van der Waals surface area contributed by atoms with Gasteiger partial charge in [-0.25, -0.2) is 0 Å². The fourth-order valence-corrected chi connectivity index (χ4v) is 2.30. The van der Waals surface area contributed by atoms with E-state index in [-0.39, 0.29) is 11.7 Å². The Kier molecular flexibility index (Phi) is 4.32. The number of rotatable bonds is 3. The van der Waals surface area contributed by atoms with Crippen LogP contribution in [0, 0.1) is 0 Å².